The number of aromatic nitrogens is 3. The first kappa shape index (κ1) is 18.8. The summed E-state index contributed by atoms with van der Waals surface area (Å²) in [6.45, 7) is 1.72. The second-order valence-electron chi connectivity index (χ2n) is 6.34. The lowest BCUT2D eigenvalue weighted by Gasteiger charge is -2.05. The van der Waals surface area contributed by atoms with Crippen molar-refractivity contribution in [1.29, 1.82) is 0 Å². The molecule has 2 N–H and O–H groups in total. The number of methoxy groups -OCH3 is 1. The maximum Gasteiger partial charge on any atom is 0.336 e. The molecule has 2 aromatic carbocycles. The molecule has 0 atom stereocenters. The number of fused-ring (bicyclic) bond motifs is 1. The number of ether oxygens (including phenoxy) is 2. The zero-order chi connectivity index (χ0) is 20.5. The summed E-state index contributed by atoms with van der Waals surface area (Å²) in [4.78, 5) is 23.2. The van der Waals surface area contributed by atoms with Gasteiger partial charge in [-0.05, 0) is 55.0 Å². The smallest absolute Gasteiger partial charge is 0.336 e. The second kappa shape index (κ2) is 7.44. The summed E-state index contributed by atoms with van der Waals surface area (Å²) in [6.07, 6.45) is 0. The van der Waals surface area contributed by atoms with Crippen molar-refractivity contribution in [2.75, 3.05) is 7.11 Å². The molecule has 2 heterocycles. The number of imidazole rings is 1. The summed E-state index contributed by atoms with van der Waals surface area (Å²) in [6, 6.07) is 14.1. The average Bonchev–Trinajstić information content (AvgIpc) is 3.09. The van der Waals surface area contributed by atoms with Crippen LogP contribution >= 0.6 is 11.6 Å². The Kier molecular flexibility index (Phi) is 4.82. The number of H-pyrrole nitrogens is 1. The predicted molar refractivity (Wildman–Crippen MR) is 109 cm³/mol. The molecule has 0 fully saturated rings. The van der Waals surface area contributed by atoms with Crippen molar-refractivity contribution in [3.05, 3.63) is 64.7 Å². The van der Waals surface area contributed by atoms with Gasteiger partial charge in [0.05, 0.1) is 28.9 Å². The number of carboxylic acid groups (broad SMARTS) is 1. The lowest BCUT2D eigenvalue weighted by molar-refractivity contribution is 0.0695. The predicted octanol–water partition coefficient (Wildman–Crippen LogP) is 5.09. The van der Waals surface area contributed by atoms with E-state index in [0.29, 0.717) is 33.2 Å². The van der Waals surface area contributed by atoms with Crippen molar-refractivity contribution in [2.45, 2.75) is 6.92 Å². The Labute approximate surface area is 170 Å². The lowest BCUT2D eigenvalue weighted by atomic mass is 10.1. The summed E-state index contributed by atoms with van der Waals surface area (Å²) in [5, 5.41) is 9.72. The number of aryl methyl sites for hydroxylation is 1. The number of nitrogens with zero attached hydrogens (tertiary/aromatic N) is 2. The van der Waals surface area contributed by atoms with Crippen molar-refractivity contribution in [3.8, 4) is 28.8 Å². The maximum atomic E-state index is 11.3. The number of aromatic carboxylic acids is 1. The van der Waals surface area contributed by atoms with Gasteiger partial charge >= 0.3 is 12.0 Å². The van der Waals surface area contributed by atoms with E-state index in [1.165, 1.54) is 6.07 Å². The van der Waals surface area contributed by atoms with Crippen molar-refractivity contribution in [2.24, 2.45) is 0 Å². The van der Waals surface area contributed by atoms with Gasteiger partial charge in [0, 0.05) is 5.56 Å². The van der Waals surface area contributed by atoms with Crippen LogP contribution in [0.15, 0.2) is 48.5 Å². The first-order valence-corrected chi connectivity index (χ1v) is 9.05. The van der Waals surface area contributed by atoms with Crippen LogP contribution in [0.25, 0.3) is 22.4 Å². The molecule has 4 rings (SSSR count). The lowest BCUT2D eigenvalue weighted by Crippen LogP contribution is -2.00. The van der Waals surface area contributed by atoms with E-state index in [1.54, 1.807) is 32.2 Å². The Balaban J connectivity index is 1.68. The summed E-state index contributed by atoms with van der Waals surface area (Å²) in [7, 11) is 1.60. The van der Waals surface area contributed by atoms with E-state index in [4.69, 9.17) is 21.1 Å². The quantitative estimate of drug-likeness (QED) is 0.476. The highest BCUT2D eigenvalue weighted by atomic mass is 35.5. The van der Waals surface area contributed by atoms with Crippen LogP contribution in [0.2, 0.25) is 5.02 Å². The number of benzene rings is 2. The molecule has 0 saturated heterocycles. The second-order valence-corrected chi connectivity index (χ2v) is 6.75. The molecule has 29 heavy (non-hydrogen) atoms. The van der Waals surface area contributed by atoms with Gasteiger partial charge in [-0.2, -0.15) is 4.98 Å². The Hall–Kier alpha value is -3.58. The number of carbonyl (C=O) groups is 1. The summed E-state index contributed by atoms with van der Waals surface area (Å²) >= 11 is 6.41. The topological polar surface area (TPSA) is 97.3 Å². The number of aromatic amines is 1. The fourth-order valence-electron chi connectivity index (χ4n) is 2.90. The van der Waals surface area contributed by atoms with Crippen LogP contribution in [0.5, 0.6) is 17.5 Å². The summed E-state index contributed by atoms with van der Waals surface area (Å²) in [5.41, 5.74) is 3.26. The van der Waals surface area contributed by atoms with Crippen LogP contribution in [0, 0.1) is 6.92 Å². The van der Waals surface area contributed by atoms with Crippen LogP contribution in [-0.2, 0) is 0 Å². The molecule has 4 aromatic rings. The van der Waals surface area contributed by atoms with Gasteiger partial charge in [0.25, 0.3) is 0 Å². The normalized spacial score (nSPS) is 10.9. The molecule has 0 unspecified atom stereocenters. The van der Waals surface area contributed by atoms with E-state index in [2.05, 4.69) is 15.0 Å². The standard InChI is InChI=1S/C21H16ClN3O4/c1-11-3-6-14(9-15(11)20(26)27)29-21-23-17-10-16(22)18(24-19(17)25-21)12-4-7-13(28-2)8-5-12/h3-10H,1-2H3,(H,26,27)(H,23,24,25). The van der Waals surface area contributed by atoms with E-state index in [9.17, 15) is 9.90 Å². The molecule has 0 aliphatic heterocycles. The van der Waals surface area contributed by atoms with Gasteiger partial charge in [-0.25, -0.2) is 9.78 Å². The number of carboxylic acids is 1. The molecule has 0 saturated carbocycles. The largest absolute Gasteiger partial charge is 0.497 e. The van der Waals surface area contributed by atoms with Crippen molar-refractivity contribution in [1.82, 2.24) is 15.0 Å². The molecule has 146 valence electrons. The Morgan fingerprint density at radius 3 is 2.48 bits per heavy atom. The Morgan fingerprint density at radius 2 is 1.79 bits per heavy atom. The van der Waals surface area contributed by atoms with Gasteiger partial charge in [-0.1, -0.05) is 17.7 Å². The third kappa shape index (κ3) is 3.72. The molecule has 0 spiro atoms. The Morgan fingerprint density at radius 1 is 1.07 bits per heavy atom. The molecule has 0 bridgehead atoms. The van der Waals surface area contributed by atoms with Crippen LogP contribution in [0.4, 0.5) is 0 Å². The summed E-state index contributed by atoms with van der Waals surface area (Å²) in [5.74, 6) is 0.0731. The number of rotatable bonds is 5. The van der Waals surface area contributed by atoms with E-state index in [-0.39, 0.29) is 11.6 Å². The minimum atomic E-state index is -1.02. The Bertz CT molecular complexity index is 1220. The SMILES string of the molecule is COc1ccc(-c2nc3nc(Oc4ccc(C)c(C(=O)O)c4)[nH]c3cc2Cl)cc1. The van der Waals surface area contributed by atoms with Crippen LogP contribution < -0.4 is 9.47 Å². The van der Waals surface area contributed by atoms with Gasteiger partial charge in [-0.3, -0.25) is 0 Å². The van der Waals surface area contributed by atoms with Gasteiger partial charge in [-0.15, -0.1) is 0 Å². The molecule has 8 heteroatoms. The van der Waals surface area contributed by atoms with Crippen LogP contribution in [0.3, 0.4) is 0 Å². The van der Waals surface area contributed by atoms with E-state index in [0.717, 1.165) is 11.3 Å². The van der Waals surface area contributed by atoms with E-state index in [1.807, 2.05) is 24.3 Å². The monoisotopic (exact) mass is 409 g/mol. The first-order chi connectivity index (χ1) is 13.9. The fraction of sp³-hybridized carbons (Fsp3) is 0.0952. The van der Waals surface area contributed by atoms with Gasteiger partial charge in [0.2, 0.25) is 0 Å². The molecular weight excluding hydrogens is 394 g/mol. The van der Waals surface area contributed by atoms with Gasteiger partial charge in [0.15, 0.2) is 5.65 Å². The van der Waals surface area contributed by atoms with Crippen molar-refractivity contribution in [3.63, 3.8) is 0 Å². The number of pyridine rings is 1. The maximum absolute atomic E-state index is 11.3. The minimum absolute atomic E-state index is 0.168. The summed E-state index contributed by atoms with van der Waals surface area (Å²) < 4.78 is 10.9. The van der Waals surface area contributed by atoms with Crippen LogP contribution in [-0.4, -0.2) is 33.1 Å². The number of halogens is 1. The van der Waals surface area contributed by atoms with Crippen LogP contribution in [0.1, 0.15) is 15.9 Å². The number of hydrogen-bond acceptors (Lipinski definition) is 5. The van der Waals surface area contributed by atoms with Crippen molar-refractivity contribution >= 4 is 28.7 Å². The molecule has 0 aliphatic rings. The van der Waals surface area contributed by atoms with Crippen molar-refractivity contribution < 1.29 is 19.4 Å². The minimum Gasteiger partial charge on any atom is -0.497 e. The first-order valence-electron chi connectivity index (χ1n) is 8.67. The third-order valence-electron chi connectivity index (χ3n) is 4.42. The number of hydrogen-bond donors (Lipinski definition) is 2. The molecule has 0 amide bonds. The third-order valence-corrected chi connectivity index (χ3v) is 4.71. The van der Waals surface area contributed by atoms with E-state index >= 15 is 0 Å². The number of nitrogens with one attached hydrogen (secondary N) is 1. The molecule has 2 aromatic heterocycles. The molecule has 7 nitrogen and oxygen atoms in total. The van der Waals surface area contributed by atoms with Gasteiger partial charge in [0.1, 0.15) is 11.5 Å². The fourth-order valence-corrected chi connectivity index (χ4v) is 3.16. The highest BCUT2D eigenvalue weighted by Crippen LogP contribution is 2.31. The molecule has 0 aliphatic carbocycles. The average molecular weight is 410 g/mol. The zero-order valence-corrected chi connectivity index (χ0v) is 16.3. The highest BCUT2D eigenvalue weighted by Gasteiger charge is 2.14. The highest BCUT2D eigenvalue weighted by molar-refractivity contribution is 6.33. The van der Waals surface area contributed by atoms with Gasteiger partial charge < -0.3 is 19.6 Å². The molecular formula is C21H16ClN3O4. The zero-order valence-electron chi connectivity index (χ0n) is 15.6. The molecule has 0 radical (unpaired) electrons. The van der Waals surface area contributed by atoms with E-state index < -0.39 is 5.97 Å².